The Kier molecular flexibility index (Phi) is 11.2. The third-order valence-corrected chi connectivity index (χ3v) is 13.9. The van der Waals surface area contributed by atoms with Gasteiger partial charge >= 0.3 is 0 Å². The lowest BCUT2D eigenvalue weighted by atomic mass is 9.98. The molecule has 3 aromatic carbocycles. The number of carbonyl (C=O) groups excluding carboxylic acids is 6. The Morgan fingerprint density at radius 1 is 0.818 bits per heavy atom. The Labute approximate surface area is 378 Å². The highest BCUT2D eigenvalue weighted by molar-refractivity contribution is 6.25. The number of fused-ring (bicyclic) bond motifs is 2. The van der Waals surface area contributed by atoms with Crippen molar-refractivity contribution >= 4 is 57.9 Å². The maximum absolute atomic E-state index is 14.6. The van der Waals surface area contributed by atoms with Gasteiger partial charge in [-0.25, -0.2) is 13.8 Å². The predicted octanol–water partition coefficient (Wildman–Crippen LogP) is 5.67. The van der Waals surface area contributed by atoms with E-state index in [2.05, 4.69) is 25.3 Å². The van der Waals surface area contributed by atoms with Gasteiger partial charge in [0.15, 0.2) is 11.6 Å². The molecule has 5 aliphatic heterocycles. The number of likely N-dealkylation sites (tertiary alicyclic amines) is 1. The van der Waals surface area contributed by atoms with Gasteiger partial charge in [0.1, 0.15) is 17.6 Å². The highest BCUT2D eigenvalue weighted by Crippen LogP contribution is 2.41. The number of amides is 6. The molecule has 4 saturated heterocycles. The minimum Gasteiger partial charge on any atom is -0.371 e. The van der Waals surface area contributed by atoms with E-state index in [1.807, 2.05) is 36.9 Å². The molecule has 7 heterocycles. The summed E-state index contributed by atoms with van der Waals surface area (Å²) in [5.74, 6) is -3.12. The monoisotopic (exact) mass is 901 g/mol. The largest absolute Gasteiger partial charge is 0.371 e. The van der Waals surface area contributed by atoms with Gasteiger partial charge in [0.2, 0.25) is 23.6 Å². The van der Waals surface area contributed by atoms with Crippen LogP contribution in [-0.4, -0.2) is 105 Å². The van der Waals surface area contributed by atoms with E-state index in [0.29, 0.717) is 82.0 Å². The average molecular weight is 902 g/mol. The summed E-state index contributed by atoms with van der Waals surface area (Å²) in [6.45, 7) is 6.29. The zero-order chi connectivity index (χ0) is 46.0. The van der Waals surface area contributed by atoms with Gasteiger partial charge in [-0.1, -0.05) is 17.3 Å². The molecule has 18 heteroatoms. The molecule has 16 nitrogen and oxygen atoms in total. The lowest BCUT2D eigenvalue weighted by Gasteiger charge is -2.38. The summed E-state index contributed by atoms with van der Waals surface area (Å²) in [5.41, 5.74) is 5.51. The topological polar surface area (TPSA) is 183 Å². The van der Waals surface area contributed by atoms with Crippen LogP contribution in [0, 0.1) is 25.5 Å². The molecule has 0 spiro atoms. The van der Waals surface area contributed by atoms with Crippen molar-refractivity contribution in [3.63, 3.8) is 0 Å². The Morgan fingerprint density at radius 3 is 2.33 bits per heavy atom. The second-order valence-corrected chi connectivity index (χ2v) is 18.0. The summed E-state index contributed by atoms with van der Waals surface area (Å²) in [6.07, 6.45) is 4.23. The van der Waals surface area contributed by atoms with E-state index >= 15 is 0 Å². The van der Waals surface area contributed by atoms with Crippen molar-refractivity contribution in [3.05, 3.63) is 94.6 Å². The molecule has 0 saturated carbocycles. The third-order valence-electron chi connectivity index (χ3n) is 13.9. The standard InChI is InChI=1S/C48H49F2N9O7/c1-26-43(27(2)66-54-26)28-9-12-36-35(23-28)52-45(38-7-4-8-42(62)57(38)31-10-11-33(49)34(50)24-31)58(36)30-17-19-55(20-18-30)25-41(61)51-29-15-21-56(22-16-29)37-6-3-5-32-44(37)48(65)59(47(32)64)39-13-14-40(60)53-46(39)63/h3,5-6,9-12,23-24,29-30,38-39H,4,7-8,13-22,25H2,1-2H3,(H,51,61)(H,53,60,63)/t38-,39?/m0/s1. The first kappa shape index (κ1) is 43.1. The number of imidazole rings is 1. The zero-order valence-electron chi connectivity index (χ0n) is 36.6. The van der Waals surface area contributed by atoms with Gasteiger partial charge in [-0.3, -0.25) is 43.9 Å². The molecule has 0 aliphatic carbocycles. The number of aryl methyl sites for hydroxylation is 2. The smallest absolute Gasteiger partial charge is 0.264 e. The number of anilines is 2. The quantitative estimate of drug-likeness (QED) is 0.174. The van der Waals surface area contributed by atoms with Gasteiger partial charge in [-0.2, -0.15) is 0 Å². The van der Waals surface area contributed by atoms with E-state index in [1.54, 1.807) is 23.1 Å². The first-order valence-corrected chi connectivity index (χ1v) is 22.7. The summed E-state index contributed by atoms with van der Waals surface area (Å²) < 4.78 is 36.4. The molecule has 5 aliphatic rings. The van der Waals surface area contributed by atoms with E-state index in [1.165, 1.54) is 6.07 Å². The average Bonchev–Trinajstić information content (AvgIpc) is 3.94. The summed E-state index contributed by atoms with van der Waals surface area (Å²) in [7, 11) is 0. The highest BCUT2D eigenvalue weighted by Gasteiger charge is 2.46. The number of nitrogens with one attached hydrogen (secondary N) is 2. The van der Waals surface area contributed by atoms with Crippen LogP contribution in [0.2, 0.25) is 0 Å². The van der Waals surface area contributed by atoms with Crippen LogP contribution in [0.5, 0.6) is 0 Å². The molecule has 2 aromatic heterocycles. The lowest BCUT2D eigenvalue weighted by Crippen LogP contribution is -2.54. The molecular weight excluding hydrogens is 853 g/mol. The van der Waals surface area contributed by atoms with Crippen LogP contribution in [0.3, 0.4) is 0 Å². The Morgan fingerprint density at radius 2 is 1.61 bits per heavy atom. The van der Waals surface area contributed by atoms with Gasteiger partial charge in [0, 0.05) is 68.4 Å². The van der Waals surface area contributed by atoms with Crippen molar-refractivity contribution in [1.82, 2.24) is 35.1 Å². The van der Waals surface area contributed by atoms with Crippen LogP contribution >= 0.6 is 0 Å². The second kappa shape index (κ2) is 17.2. The minimum absolute atomic E-state index is 0.0277. The van der Waals surface area contributed by atoms with Crippen LogP contribution in [0.1, 0.15) is 108 Å². The van der Waals surface area contributed by atoms with Crippen molar-refractivity contribution in [2.24, 2.45) is 0 Å². The molecular formula is C48H49F2N9O7. The van der Waals surface area contributed by atoms with Gasteiger partial charge < -0.3 is 24.2 Å². The number of nitrogens with zero attached hydrogens (tertiary/aromatic N) is 7. The van der Waals surface area contributed by atoms with Crippen LogP contribution < -0.4 is 20.4 Å². The fourth-order valence-electron chi connectivity index (χ4n) is 10.7. The molecule has 2 N–H and O–H groups in total. The van der Waals surface area contributed by atoms with E-state index in [-0.39, 0.29) is 66.5 Å². The van der Waals surface area contributed by atoms with Crippen LogP contribution in [0.25, 0.3) is 22.2 Å². The van der Waals surface area contributed by atoms with Crippen LogP contribution in [0.15, 0.2) is 59.1 Å². The minimum atomic E-state index is -1.05. The van der Waals surface area contributed by atoms with Gasteiger partial charge in [0.05, 0.1) is 46.1 Å². The summed E-state index contributed by atoms with van der Waals surface area (Å²) >= 11 is 0. The van der Waals surface area contributed by atoms with Gasteiger partial charge in [-0.15, -0.1) is 0 Å². The number of piperidine rings is 4. The van der Waals surface area contributed by atoms with Gasteiger partial charge in [-0.05, 0) is 101 Å². The highest BCUT2D eigenvalue weighted by atomic mass is 19.2. The fourth-order valence-corrected chi connectivity index (χ4v) is 10.7. The van der Waals surface area contributed by atoms with Crippen molar-refractivity contribution in [3.8, 4) is 11.1 Å². The first-order valence-electron chi connectivity index (χ1n) is 22.7. The first-order chi connectivity index (χ1) is 31.8. The number of aromatic nitrogens is 3. The van der Waals surface area contributed by atoms with E-state index in [4.69, 9.17) is 9.51 Å². The molecule has 0 radical (unpaired) electrons. The molecule has 4 fully saturated rings. The number of hydrogen-bond acceptors (Lipinski definition) is 11. The van der Waals surface area contributed by atoms with Crippen molar-refractivity contribution < 1.29 is 42.1 Å². The fraction of sp³-hybridized carbons (Fsp3) is 0.417. The molecule has 5 aromatic rings. The van der Waals surface area contributed by atoms with Crippen molar-refractivity contribution in [1.29, 1.82) is 0 Å². The molecule has 0 bridgehead atoms. The number of rotatable bonds is 9. The van der Waals surface area contributed by atoms with Gasteiger partial charge in [0.25, 0.3) is 11.8 Å². The molecule has 342 valence electrons. The Balaban J connectivity index is 0.813. The number of imide groups is 2. The predicted molar refractivity (Wildman–Crippen MR) is 236 cm³/mol. The molecule has 10 rings (SSSR count). The summed E-state index contributed by atoms with van der Waals surface area (Å²) in [5, 5.41) is 9.59. The van der Waals surface area contributed by atoms with Crippen molar-refractivity contribution in [2.75, 3.05) is 42.5 Å². The maximum atomic E-state index is 14.6. The van der Waals surface area contributed by atoms with Crippen molar-refractivity contribution in [2.45, 2.75) is 95.8 Å². The number of halogens is 2. The molecule has 2 atom stereocenters. The van der Waals surface area contributed by atoms with E-state index in [0.717, 1.165) is 44.9 Å². The van der Waals surface area contributed by atoms with Crippen LogP contribution in [-0.2, 0) is 19.2 Å². The van der Waals surface area contributed by atoms with E-state index < -0.39 is 47.3 Å². The molecule has 66 heavy (non-hydrogen) atoms. The normalized spacial score (nSPS) is 21.3. The number of benzene rings is 3. The SMILES string of the molecule is Cc1noc(C)c1-c1ccc2c(c1)nc([C@@H]1CCCC(=O)N1c1ccc(F)c(F)c1)n2C1CCN(CC(=O)NC2CCN(c3cccc4c3C(=O)N(C3CCC(=O)NC3=O)C4=O)CC2)CC1. The summed E-state index contributed by atoms with van der Waals surface area (Å²) in [6, 6.07) is 13.0. The zero-order valence-corrected chi connectivity index (χ0v) is 36.6. The number of carbonyl (C=O) groups is 6. The Bertz CT molecular complexity index is 2810. The number of hydrogen-bond donors (Lipinski definition) is 2. The molecule has 1 unspecified atom stereocenters. The summed E-state index contributed by atoms with van der Waals surface area (Å²) in [4.78, 5) is 90.6. The van der Waals surface area contributed by atoms with E-state index in [9.17, 15) is 37.5 Å². The van der Waals surface area contributed by atoms with Crippen LogP contribution in [0.4, 0.5) is 20.2 Å². The lowest BCUT2D eigenvalue weighted by molar-refractivity contribution is -0.136. The Hall–Kier alpha value is -6.82. The second-order valence-electron chi connectivity index (χ2n) is 18.0. The maximum Gasteiger partial charge on any atom is 0.264 e. The third kappa shape index (κ3) is 7.69. The molecule has 6 amide bonds.